The number of nitrogens with one attached hydrogen (secondary N) is 2. The Balaban J connectivity index is 1.95. The first-order chi connectivity index (χ1) is 12.5. The van der Waals surface area contributed by atoms with Crippen LogP contribution in [0.25, 0.3) is 0 Å². The molecule has 0 aliphatic heterocycles. The summed E-state index contributed by atoms with van der Waals surface area (Å²) in [6.07, 6.45) is 1.70. The van der Waals surface area contributed by atoms with Crippen LogP contribution in [-0.4, -0.2) is 28.0 Å². The Morgan fingerprint density at radius 2 is 1.69 bits per heavy atom. The topological polar surface area (TPSA) is 84.5 Å². The van der Waals surface area contributed by atoms with Crippen molar-refractivity contribution in [3.05, 3.63) is 59.7 Å². The van der Waals surface area contributed by atoms with Gasteiger partial charge in [-0.2, -0.15) is 0 Å². The standard InChI is InChI=1S/C19H24N2O4S/c1-3-4-13-21-26(23,24)18-11-7-16(8-12-18)19(22)20-14-15-5-9-17(25-2)10-6-15/h5-12,21H,3-4,13-14H2,1-2H3,(H,20,22). The third-order valence-corrected chi connectivity index (χ3v) is 5.34. The molecule has 140 valence electrons. The SMILES string of the molecule is CCCCNS(=O)(=O)c1ccc(C(=O)NCc2ccc(OC)cc2)cc1. The van der Waals surface area contributed by atoms with E-state index in [-0.39, 0.29) is 10.8 Å². The molecule has 0 heterocycles. The number of methoxy groups -OCH3 is 1. The molecule has 2 aromatic rings. The number of hydrogen-bond donors (Lipinski definition) is 2. The van der Waals surface area contributed by atoms with Gasteiger partial charge in [-0.05, 0) is 48.4 Å². The van der Waals surface area contributed by atoms with Crippen molar-refractivity contribution in [1.29, 1.82) is 0 Å². The van der Waals surface area contributed by atoms with Crippen molar-refractivity contribution in [2.45, 2.75) is 31.2 Å². The molecule has 0 aromatic heterocycles. The van der Waals surface area contributed by atoms with E-state index >= 15 is 0 Å². The van der Waals surface area contributed by atoms with Crippen LogP contribution in [0.4, 0.5) is 0 Å². The molecular weight excluding hydrogens is 352 g/mol. The molecule has 0 saturated heterocycles. The Morgan fingerprint density at radius 1 is 1.04 bits per heavy atom. The molecule has 1 amide bonds. The second kappa shape index (κ2) is 9.35. The fraction of sp³-hybridized carbons (Fsp3) is 0.316. The summed E-state index contributed by atoms with van der Waals surface area (Å²) in [4.78, 5) is 12.4. The molecule has 0 aliphatic rings. The van der Waals surface area contributed by atoms with Crippen molar-refractivity contribution in [2.24, 2.45) is 0 Å². The molecule has 0 atom stereocenters. The summed E-state index contributed by atoms with van der Waals surface area (Å²) < 4.78 is 31.9. The van der Waals surface area contributed by atoms with Gasteiger partial charge in [-0.15, -0.1) is 0 Å². The maximum atomic E-state index is 12.2. The number of unbranched alkanes of at least 4 members (excludes halogenated alkanes) is 1. The molecule has 0 aliphatic carbocycles. The van der Waals surface area contributed by atoms with Crippen LogP contribution in [0.15, 0.2) is 53.4 Å². The minimum Gasteiger partial charge on any atom is -0.497 e. The number of carbonyl (C=O) groups is 1. The van der Waals surface area contributed by atoms with Crippen LogP contribution in [-0.2, 0) is 16.6 Å². The van der Waals surface area contributed by atoms with Crippen LogP contribution in [0.1, 0.15) is 35.7 Å². The van der Waals surface area contributed by atoms with Gasteiger partial charge in [-0.3, -0.25) is 4.79 Å². The summed E-state index contributed by atoms with van der Waals surface area (Å²) in [7, 11) is -1.93. The molecule has 0 radical (unpaired) electrons. The molecule has 0 spiro atoms. The van der Waals surface area contributed by atoms with Gasteiger partial charge in [0.25, 0.3) is 5.91 Å². The predicted octanol–water partition coefficient (Wildman–Crippen LogP) is 2.70. The van der Waals surface area contributed by atoms with Gasteiger partial charge in [-0.25, -0.2) is 13.1 Å². The first-order valence-corrected chi connectivity index (χ1v) is 9.95. The Hall–Kier alpha value is -2.38. The minimum absolute atomic E-state index is 0.153. The van der Waals surface area contributed by atoms with Gasteiger partial charge in [0.2, 0.25) is 10.0 Å². The smallest absolute Gasteiger partial charge is 0.251 e. The highest BCUT2D eigenvalue weighted by atomic mass is 32.2. The van der Waals surface area contributed by atoms with Crippen molar-refractivity contribution in [3.63, 3.8) is 0 Å². The molecule has 0 saturated carbocycles. The number of ether oxygens (including phenoxy) is 1. The summed E-state index contributed by atoms with van der Waals surface area (Å²) in [5.41, 5.74) is 1.35. The maximum Gasteiger partial charge on any atom is 0.251 e. The van der Waals surface area contributed by atoms with E-state index in [1.54, 1.807) is 7.11 Å². The monoisotopic (exact) mass is 376 g/mol. The number of amides is 1. The van der Waals surface area contributed by atoms with Gasteiger partial charge in [0.05, 0.1) is 12.0 Å². The zero-order valence-corrected chi connectivity index (χ0v) is 15.8. The number of carbonyl (C=O) groups excluding carboxylic acids is 1. The Bertz CT molecular complexity index is 816. The van der Waals surface area contributed by atoms with Crippen LogP contribution < -0.4 is 14.8 Å². The zero-order valence-electron chi connectivity index (χ0n) is 15.0. The van der Waals surface area contributed by atoms with Crippen LogP contribution in [0.2, 0.25) is 0 Å². The molecule has 0 unspecified atom stereocenters. The summed E-state index contributed by atoms with van der Waals surface area (Å²) in [6.45, 7) is 2.78. The summed E-state index contributed by atoms with van der Waals surface area (Å²) >= 11 is 0. The van der Waals surface area contributed by atoms with E-state index in [0.29, 0.717) is 18.7 Å². The first kappa shape index (κ1) is 19.9. The van der Waals surface area contributed by atoms with Gasteiger partial charge >= 0.3 is 0 Å². The van der Waals surface area contributed by atoms with E-state index < -0.39 is 10.0 Å². The van der Waals surface area contributed by atoms with Crippen molar-refractivity contribution < 1.29 is 17.9 Å². The van der Waals surface area contributed by atoms with Crippen LogP contribution >= 0.6 is 0 Å². The third-order valence-electron chi connectivity index (χ3n) is 3.86. The van der Waals surface area contributed by atoms with Gasteiger partial charge in [-0.1, -0.05) is 25.5 Å². The number of benzene rings is 2. The lowest BCUT2D eigenvalue weighted by Crippen LogP contribution is -2.25. The molecule has 6 nitrogen and oxygen atoms in total. The lowest BCUT2D eigenvalue weighted by molar-refractivity contribution is 0.0951. The molecular formula is C19H24N2O4S. The first-order valence-electron chi connectivity index (χ1n) is 8.47. The highest BCUT2D eigenvalue weighted by Gasteiger charge is 2.14. The number of sulfonamides is 1. The van der Waals surface area contributed by atoms with E-state index in [4.69, 9.17) is 4.74 Å². The van der Waals surface area contributed by atoms with Crippen LogP contribution in [0, 0.1) is 0 Å². The maximum absolute atomic E-state index is 12.2. The van der Waals surface area contributed by atoms with E-state index in [1.165, 1.54) is 24.3 Å². The second-order valence-corrected chi connectivity index (χ2v) is 7.57. The van der Waals surface area contributed by atoms with E-state index in [2.05, 4.69) is 10.0 Å². The zero-order chi connectivity index (χ0) is 19.0. The van der Waals surface area contributed by atoms with Crippen molar-refractivity contribution >= 4 is 15.9 Å². The van der Waals surface area contributed by atoms with Gasteiger partial charge in [0, 0.05) is 18.7 Å². The molecule has 0 bridgehead atoms. The summed E-state index contributed by atoms with van der Waals surface area (Å²) in [6, 6.07) is 13.3. The number of rotatable bonds is 9. The van der Waals surface area contributed by atoms with Gasteiger partial charge in [0.15, 0.2) is 0 Å². The largest absolute Gasteiger partial charge is 0.497 e. The average molecular weight is 376 g/mol. The fourth-order valence-electron chi connectivity index (χ4n) is 2.28. The van der Waals surface area contributed by atoms with Crippen molar-refractivity contribution in [2.75, 3.05) is 13.7 Å². The van der Waals surface area contributed by atoms with Crippen LogP contribution in [0.3, 0.4) is 0 Å². The second-order valence-electron chi connectivity index (χ2n) is 5.81. The Morgan fingerprint density at radius 3 is 2.27 bits per heavy atom. The van der Waals surface area contributed by atoms with Crippen molar-refractivity contribution in [3.8, 4) is 5.75 Å². The molecule has 0 fully saturated rings. The molecule has 2 aromatic carbocycles. The van der Waals surface area contributed by atoms with Crippen LogP contribution in [0.5, 0.6) is 5.75 Å². The fourth-order valence-corrected chi connectivity index (χ4v) is 3.35. The normalized spacial score (nSPS) is 11.2. The summed E-state index contributed by atoms with van der Waals surface area (Å²) in [5, 5.41) is 2.81. The predicted molar refractivity (Wildman–Crippen MR) is 101 cm³/mol. The molecule has 7 heteroatoms. The van der Waals surface area contributed by atoms with Crippen molar-refractivity contribution in [1.82, 2.24) is 10.0 Å². The minimum atomic E-state index is -3.53. The van der Waals surface area contributed by atoms with Gasteiger partial charge in [0.1, 0.15) is 5.75 Å². The van der Waals surface area contributed by atoms with E-state index in [9.17, 15) is 13.2 Å². The summed E-state index contributed by atoms with van der Waals surface area (Å²) in [5.74, 6) is 0.494. The molecule has 2 rings (SSSR count). The van der Waals surface area contributed by atoms with E-state index in [1.807, 2.05) is 31.2 Å². The van der Waals surface area contributed by atoms with E-state index in [0.717, 1.165) is 24.2 Å². The Labute approximate surface area is 154 Å². The lowest BCUT2D eigenvalue weighted by Gasteiger charge is -2.08. The Kier molecular flexibility index (Phi) is 7.17. The average Bonchev–Trinajstić information content (AvgIpc) is 2.66. The highest BCUT2D eigenvalue weighted by Crippen LogP contribution is 2.13. The lowest BCUT2D eigenvalue weighted by atomic mass is 10.2. The quantitative estimate of drug-likeness (QED) is 0.659. The molecule has 2 N–H and O–H groups in total. The highest BCUT2D eigenvalue weighted by molar-refractivity contribution is 7.89. The number of hydrogen-bond acceptors (Lipinski definition) is 4. The van der Waals surface area contributed by atoms with Gasteiger partial charge < -0.3 is 10.1 Å². The third kappa shape index (κ3) is 5.57. The molecule has 26 heavy (non-hydrogen) atoms.